The number of ether oxygens (including phenoxy) is 1. The average molecular weight is 361 g/mol. The van der Waals surface area contributed by atoms with E-state index in [1.54, 1.807) is 25.3 Å². The molecule has 0 saturated carbocycles. The Morgan fingerprint density at radius 3 is 2.36 bits per heavy atom. The molecule has 0 spiro atoms. The third-order valence-corrected chi connectivity index (χ3v) is 4.30. The number of anilines is 1. The monoisotopic (exact) mass is 360 g/mol. The molecule has 0 aliphatic carbocycles. The van der Waals surface area contributed by atoms with E-state index in [1.807, 2.05) is 25.1 Å². The van der Waals surface area contributed by atoms with Crippen LogP contribution in [0.3, 0.4) is 0 Å². The molecule has 0 bridgehead atoms. The van der Waals surface area contributed by atoms with Gasteiger partial charge in [-0.05, 0) is 36.6 Å². The topological polar surface area (TPSA) is 50.4 Å². The van der Waals surface area contributed by atoms with Gasteiger partial charge in [0.2, 0.25) is 5.91 Å². The molecule has 0 saturated heterocycles. The highest BCUT2D eigenvalue weighted by Crippen LogP contribution is 2.28. The van der Waals surface area contributed by atoms with Gasteiger partial charge in [-0.15, -0.1) is 0 Å². The molecule has 2 rings (SSSR count). The van der Waals surface area contributed by atoms with Crippen molar-refractivity contribution < 1.29 is 9.53 Å². The third-order valence-electron chi connectivity index (χ3n) is 4.07. The van der Waals surface area contributed by atoms with Gasteiger partial charge in [0, 0.05) is 11.1 Å². The maximum absolute atomic E-state index is 12.6. The first-order valence-electron chi connectivity index (χ1n) is 8.37. The number of amides is 1. The molecule has 0 fully saturated rings. The highest BCUT2D eigenvalue weighted by atomic mass is 35.5. The highest BCUT2D eigenvalue weighted by Gasteiger charge is 2.22. The summed E-state index contributed by atoms with van der Waals surface area (Å²) in [5.41, 5.74) is 1.73. The van der Waals surface area contributed by atoms with Gasteiger partial charge < -0.3 is 10.1 Å². The van der Waals surface area contributed by atoms with E-state index in [2.05, 4.69) is 36.6 Å². The van der Waals surface area contributed by atoms with Crippen molar-refractivity contribution in [3.63, 3.8) is 0 Å². The van der Waals surface area contributed by atoms with Gasteiger partial charge in [0.25, 0.3) is 0 Å². The maximum Gasteiger partial charge on any atom is 0.241 e. The van der Waals surface area contributed by atoms with Crippen molar-refractivity contribution in [1.29, 1.82) is 0 Å². The van der Waals surface area contributed by atoms with Gasteiger partial charge in [-0.1, -0.05) is 55.8 Å². The Balaban J connectivity index is 2.10. The zero-order valence-corrected chi connectivity index (χ0v) is 15.8. The van der Waals surface area contributed by atoms with E-state index in [4.69, 9.17) is 16.3 Å². The molecule has 2 atom stereocenters. The van der Waals surface area contributed by atoms with E-state index < -0.39 is 0 Å². The molecular formula is C20H25ClN2O2. The standard InChI is InChI=1S/C20H25ClN2O2/c1-13(2)19(15-8-6-5-7-9-15)22-14(3)20(24)23-17-12-16(21)10-11-18(17)25-4/h5-14,19,22H,1-4H3,(H,23,24)/t14-,19-/m0/s1. The Morgan fingerprint density at radius 2 is 1.76 bits per heavy atom. The molecule has 0 unspecified atom stereocenters. The van der Waals surface area contributed by atoms with Crippen LogP contribution >= 0.6 is 11.6 Å². The van der Waals surface area contributed by atoms with Gasteiger partial charge in [0.05, 0.1) is 18.8 Å². The Kier molecular flexibility index (Phi) is 6.85. The molecule has 0 aromatic heterocycles. The van der Waals surface area contributed by atoms with Gasteiger partial charge in [-0.3, -0.25) is 10.1 Å². The molecule has 0 radical (unpaired) electrons. The van der Waals surface area contributed by atoms with Crippen LogP contribution < -0.4 is 15.4 Å². The van der Waals surface area contributed by atoms with Crippen molar-refractivity contribution in [2.45, 2.75) is 32.9 Å². The Bertz CT molecular complexity index is 704. The Hall–Kier alpha value is -2.04. The number of hydrogen-bond acceptors (Lipinski definition) is 3. The van der Waals surface area contributed by atoms with Crippen molar-refractivity contribution in [3.8, 4) is 5.75 Å². The summed E-state index contributed by atoms with van der Waals surface area (Å²) in [6.45, 7) is 6.12. The van der Waals surface area contributed by atoms with E-state index in [9.17, 15) is 4.79 Å². The maximum atomic E-state index is 12.6. The van der Waals surface area contributed by atoms with Crippen LogP contribution in [0.25, 0.3) is 0 Å². The molecule has 134 valence electrons. The summed E-state index contributed by atoms with van der Waals surface area (Å²) < 4.78 is 5.28. The average Bonchev–Trinajstić information content (AvgIpc) is 2.60. The number of hydrogen-bond donors (Lipinski definition) is 2. The summed E-state index contributed by atoms with van der Waals surface area (Å²) in [7, 11) is 1.56. The lowest BCUT2D eigenvalue weighted by Gasteiger charge is -2.26. The number of methoxy groups -OCH3 is 1. The molecule has 2 N–H and O–H groups in total. The number of halogens is 1. The van der Waals surface area contributed by atoms with E-state index in [-0.39, 0.29) is 18.0 Å². The Morgan fingerprint density at radius 1 is 1.08 bits per heavy atom. The van der Waals surface area contributed by atoms with E-state index >= 15 is 0 Å². The lowest BCUT2D eigenvalue weighted by Crippen LogP contribution is -2.41. The normalized spacial score (nSPS) is 13.4. The van der Waals surface area contributed by atoms with Crippen LogP contribution in [0.2, 0.25) is 5.02 Å². The fourth-order valence-corrected chi connectivity index (χ4v) is 2.87. The minimum Gasteiger partial charge on any atom is -0.495 e. The van der Waals surface area contributed by atoms with Crippen LogP contribution in [0.15, 0.2) is 48.5 Å². The first kappa shape index (κ1) is 19.3. The highest BCUT2D eigenvalue weighted by molar-refractivity contribution is 6.31. The van der Waals surface area contributed by atoms with Gasteiger partial charge in [-0.25, -0.2) is 0 Å². The van der Waals surface area contributed by atoms with Crippen LogP contribution in [0, 0.1) is 5.92 Å². The zero-order valence-electron chi connectivity index (χ0n) is 15.0. The minimum atomic E-state index is -0.378. The van der Waals surface area contributed by atoms with Gasteiger partial charge in [-0.2, -0.15) is 0 Å². The molecule has 2 aromatic rings. The van der Waals surface area contributed by atoms with E-state index in [0.717, 1.165) is 5.56 Å². The largest absolute Gasteiger partial charge is 0.495 e. The quantitative estimate of drug-likeness (QED) is 0.754. The zero-order chi connectivity index (χ0) is 18.4. The molecule has 5 heteroatoms. The fourth-order valence-electron chi connectivity index (χ4n) is 2.70. The van der Waals surface area contributed by atoms with Crippen LogP contribution in [-0.4, -0.2) is 19.1 Å². The molecule has 25 heavy (non-hydrogen) atoms. The number of carbonyl (C=O) groups is 1. The summed E-state index contributed by atoms with van der Waals surface area (Å²) in [5.74, 6) is 0.786. The van der Waals surface area contributed by atoms with Crippen molar-refractivity contribution >= 4 is 23.2 Å². The van der Waals surface area contributed by atoms with Crippen molar-refractivity contribution in [1.82, 2.24) is 5.32 Å². The molecule has 1 amide bonds. The Labute approximate surface area is 154 Å². The second-order valence-electron chi connectivity index (χ2n) is 6.35. The molecular weight excluding hydrogens is 336 g/mol. The number of nitrogens with one attached hydrogen (secondary N) is 2. The molecule has 2 aromatic carbocycles. The van der Waals surface area contributed by atoms with E-state index in [0.29, 0.717) is 22.4 Å². The van der Waals surface area contributed by atoms with Crippen molar-refractivity contribution in [2.75, 3.05) is 12.4 Å². The second-order valence-corrected chi connectivity index (χ2v) is 6.79. The van der Waals surface area contributed by atoms with Gasteiger partial charge >= 0.3 is 0 Å². The summed E-state index contributed by atoms with van der Waals surface area (Å²) in [6, 6.07) is 15.0. The minimum absolute atomic E-state index is 0.0863. The summed E-state index contributed by atoms with van der Waals surface area (Å²) in [6.07, 6.45) is 0. The smallest absolute Gasteiger partial charge is 0.241 e. The number of rotatable bonds is 7. The summed E-state index contributed by atoms with van der Waals surface area (Å²) in [4.78, 5) is 12.6. The van der Waals surface area contributed by atoms with Crippen LogP contribution in [0.1, 0.15) is 32.4 Å². The second kappa shape index (κ2) is 8.88. The molecule has 0 aliphatic heterocycles. The SMILES string of the molecule is COc1ccc(Cl)cc1NC(=O)[C@H](C)N[C@H](c1ccccc1)C(C)C. The molecule has 0 heterocycles. The number of carbonyl (C=O) groups excluding carboxylic acids is 1. The summed E-state index contributed by atoms with van der Waals surface area (Å²) in [5, 5.41) is 6.85. The lowest BCUT2D eigenvalue weighted by atomic mass is 9.95. The van der Waals surface area contributed by atoms with Gasteiger partial charge in [0.15, 0.2) is 0 Å². The number of benzene rings is 2. The van der Waals surface area contributed by atoms with Crippen molar-refractivity contribution in [2.24, 2.45) is 5.92 Å². The van der Waals surface area contributed by atoms with Crippen LogP contribution in [0.4, 0.5) is 5.69 Å². The van der Waals surface area contributed by atoms with E-state index in [1.165, 1.54) is 0 Å². The lowest BCUT2D eigenvalue weighted by molar-refractivity contribution is -0.118. The first-order chi connectivity index (χ1) is 11.9. The molecule has 0 aliphatic rings. The first-order valence-corrected chi connectivity index (χ1v) is 8.75. The fraction of sp³-hybridized carbons (Fsp3) is 0.350. The predicted molar refractivity (Wildman–Crippen MR) is 103 cm³/mol. The predicted octanol–water partition coefficient (Wildman–Crippen LogP) is 4.66. The molecule has 4 nitrogen and oxygen atoms in total. The van der Waals surface area contributed by atoms with Crippen LogP contribution in [0.5, 0.6) is 5.75 Å². The van der Waals surface area contributed by atoms with Gasteiger partial charge in [0.1, 0.15) is 5.75 Å². The summed E-state index contributed by atoms with van der Waals surface area (Å²) >= 11 is 6.02. The van der Waals surface area contributed by atoms with Crippen LogP contribution in [-0.2, 0) is 4.79 Å². The third kappa shape index (κ3) is 5.21. The van der Waals surface area contributed by atoms with Crippen molar-refractivity contribution in [3.05, 3.63) is 59.1 Å².